The molecule has 1 aromatic heterocycles. The Morgan fingerprint density at radius 2 is 1.84 bits per heavy atom. The van der Waals surface area contributed by atoms with E-state index in [9.17, 15) is 0 Å². The van der Waals surface area contributed by atoms with E-state index in [1.165, 1.54) is 29.5 Å². The van der Waals surface area contributed by atoms with Gasteiger partial charge < -0.3 is 21.1 Å². The van der Waals surface area contributed by atoms with Crippen LogP contribution >= 0.6 is 11.3 Å². The van der Waals surface area contributed by atoms with Gasteiger partial charge in [-0.2, -0.15) is 0 Å². The third-order valence-electron chi connectivity index (χ3n) is 7.57. The van der Waals surface area contributed by atoms with Crippen molar-refractivity contribution in [1.29, 1.82) is 0 Å². The van der Waals surface area contributed by atoms with E-state index in [2.05, 4.69) is 61.5 Å². The summed E-state index contributed by atoms with van der Waals surface area (Å²) in [6.07, 6.45) is 5.33. The Hall–Kier alpha value is -1.47. The van der Waals surface area contributed by atoms with E-state index in [4.69, 9.17) is 15.8 Å². The highest BCUT2D eigenvalue weighted by molar-refractivity contribution is 7.14. The van der Waals surface area contributed by atoms with E-state index in [1.807, 2.05) is 0 Å². The highest BCUT2D eigenvalue weighted by Crippen LogP contribution is 2.47. The SMILES string of the molecule is CC1(C)CCC(C)(C)c2cc(-c3csc(N4CCC(NC[C@H](N)CCO)CC4)n3)ccc21. The zero-order valence-corrected chi connectivity index (χ0v) is 21.0. The molecule has 4 N–H and O–H groups in total. The second kappa shape index (κ2) is 9.41. The third-order valence-corrected chi connectivity index (χ3v) is 8.48. The van der Waals surface area contributed by atoms with Crippen LogP contribution < -0.4 is 16.0 Å². The Kier molecular flexibility index (Phi) is 6.97. The summed E-state index contributed by atoms with van der Waals surface area (Å²) in [5.74, 6) is 0. The number of fused-ring (bicyclic) bond motifs is 1. The van der Waals surface area contributed by atoms with Crippen molar-refractivity contribution in [3.63, 3.8) is 0 Å². The van der Waals surface area contributed by atoms with Crippen LogP contribution in [0.4, 0.5) is 5.13 Å². The van der Waals surface area contributed by atoms with Crippen LogP contribution in [0.25, 0.3) is 11.3 Å². The van der Waals surface area contributed by atoms with Crippen LogP contribution in [-0.2, 0) is 10.8 Å². The van der Waals surface area contributed by atoms with Crippen LogP contribution in [0.15, 0.2) is 23.6 Å². The van der Waals surface area contributed by atoms with E-state index in [1.54, 1.807) is 11.3 Å². The molecule has 1 aliphatic carbocycles. The quantitative estimate of drug-likeness (QED) is 0.575. The minimum absolute atomic E-state index is 0.0340. The summed E-state index contributed by atoms with van der Waals surface area (Å²) in [5.41, 5.74) is 11.8. The molecule has 0 radical (unpaired) electrons. The standard InChI is InChI=1S/C26H40N4OS/c1-25(2)10-11-26(3,4)22-15-18(5-6-21(22)25)23-17-32-24(29-23)30-12-7-20(8-13-30)28-16-19(27)9-14-31/h5-6,15,17,19-20,28,31H,7-14,16,27H2,1-4H3/t19-/m1/s1. The van der Waals surface area contributed by atoms with E-state index in [0.717, 1.165) is 43.3 Å². The fourth-order valence-electron chi connectivity index (χ4n) is 5.15. The number of nitrogens with zero attached hydrogens (tertiary/aromatic N) is 2. The average Bonchev–Trinajstić information content (AvgIpc) is 3.26. The van der Waals surface area contributed by atoms with Crippen molar-refractivity contribution in [3.05, 3.63) is 34.7 Å². The number of aromatic nitrogens is 1. The van der Waals surface area contributed by atoms with Crippen molar-refractivity contribution in [2.24, 2.45) is 5.73 Å². The summed E-state index contributed by atoms with van der Waals surface area (Å²) >= 11 is 1.76. The molecule has 0 unspecified atom stereocenters. The molecule has 0 saturated carbocycles. The molecule has 6 heteroatoms. The number of rotatable bonds is 7. The third kappa shape index (κ3) is 5.04. The highest BCUT2D eigenvalue weighted by Gasteiger charge is 2.37. The first-order valence-electron chi connectivity index (χ1n) is 12.2. The first-order valence-corrected chi connectivity index (χ1v) is 13.0. The molecular weight excluding hydrogens is 416 g/mol. The van der Waals surface area contributed by atoms with Gasteiger partial charge in [0.05, 0.1) is 5.69 Å². The predicted octanol–water partition coefficient (Wildman–Crippen LogP) is 4.43. The number of piperidine rings is 1. The van der Waals surface area contributed by atoms with E-state index in [-0.39, 0.29) is 23.5 Å². The Morgan fingerprint density at radius 1 is 1.16 bits per heavy atom. The molecule has 1 aromatic carbocycles. The van der Waals surface area contributed by atoms with Gasteiger partial charge in [0.15, 0.2) is 5.13 Å². The van der Waals surface area contributed by atoms with Crippen LogP contribution in [0.1, 0.15) is 70.9 Å². The Morgan fingerprint density at radius 3 is 2.53 bits per heavy atom. The normalized spacial score (nSPS) is 21.4. The molecule has 0 amide bonds. The molecule has 1 saturated heterocycles. The van der Waals surface area contributed by atoms with Gasteiger partial charge in [0.25, 0.3) is 0 Å². The second-order valence-electron chi connectivity index (χ2n) is 11.0. The Balaban J connectivity index is 1.42. The molecule has 1 aliphatic heterocycles. The van der Waals surface area contributed by atoms with Crippen LogP contribution in [0.2, 0.25) is 0 Å². The summed E-state index contributed by atoms with van der Waals surface area (Å²) in [6.45, 7) is 12.5. The number of hydrogen-bond donors (Lipinski definition) is 3. The lowest BCUT2D eigenvalue weighted by Crippen LogP contribution is -2.46. The van der Waals surface area contributed by atoms with Gasteiger partial charge in [-0.25, -0.2) is 4.98 Å². The molecule has 2 heterocycles. The fourth-order valence-corrected chi connectivity index (χ4v) is 6.04. The van der Waals surface area contributed by atoms with E-state index in [0.29, 0.717) is 12.5 Å². The maximum Gasteiger partial charge on any atom is 0.185 e. The van der Waals surface area contributed by atoms with Crippen LogP contribution in [0.3, 0.4) is 0 Å². The van der Waals surface area contributed by atoms with Crippen molar-refractivity contribution in [3.8, 4) is 11.3 Å². The van der Waals surface area contributed by atoms with Crippen LogP contribution in [0.5, 0.6) is 0 Å². The molecule has 1 fully saturated rings. The fraction of sp³-hybridized carbons (Fsp3) is 0.654. The lowest BCUT2D eigenvalue weighted by molar-refractivity contribution is 0.270. The summed E-state index contributed by atoms with van der Waals surface area (Å²) in [4.78, 5) is 7.46. The molecule has 2 aliphatic rings. The van der Waals surface area contributed by atoms with E-state index < -0.39 is 0 Å². The second-order valence-corrected chi connectivity index (χ2v) is 11.8. The zero-order chi connectivity index (χ0) is 22.9. The summed E-state index contributed by atoms with van der Waals surface area (Å²) < 4.78 is 0. The van der Waals surface area contributed by atoms with Gasteiger partial charge >= 0.3 is 0 Å². The summed E-state index contributed by atoms with van der Waals surface area (Å²) in [5, 5.41) is 15.9. The Labute approximate surface area is 197 Å². The van der Waals surface area contributed by atoms with Crippen molar-refractivity contribution in [2.75, 3.05) is 31.1 Å². The number of benzene rings is 1. The van der Waals surface area contributed by atoms with Crippen LogP contribution in [0, 0.1) is 0 Å². The monoisotopic (exact) mass is 456 g/mol. The van der Waals surface area contributed by atoms with Gasteiger partial charge in [-0.1, -0.05) is 39.8 Å². The minimum atomic E-state index is 0.0340. The molecule has 2 aromatic rings. The van der Waals surface area contributed by atoms with Gasteiger partial charge in [-0.15, -0.1) is 11.3 Å². The molecular formula is C26H40N4OS. The largest absolute Gasteiger partial charge is 0.396 e. The molecule has 4 rings (SSSR count). The van der Waals surface area contributed by atoms with Gasteiger partial charge in [0.1, 0.15) is 0 Å². The summed E-state index contributed by atoms with van der Waals surface area (Å²) in [6, 6.07) is 7.56. The first kappa shape index (κ1) is 23.7. The number of anilines is 1. The van der Waals surface area contributed by atoms with Gasteiger partial charge in [-0.3, -0.25) is 0 Å². The van der Waals surface area contributed by atoms with Crippen molar-refractivity contribution in [1.82, 2.24) is 10.3 Å². The average molecular weight is 457 g/mol. The molecule has 32 heavy (non-hydrogen) atoms. The van der Waals surface area contributed by atoms with Crippen molar-refractivity contribution >= 4 is 16.5 Å². The predicted molar refractivity (Wildman–Crippen MR) is 136 cm³/mol. The smallest absolute Gasteiger partial charge is 0.185 e. The number of aliphatic hydroxyl groups is 1. The molecule has 176 valence electrons. The van der Waals surface area contributed by atoms with Crippen molar-refractivity contribution in [2.45, 2.75) is 82.7 Å². The summed E-state index contributed by atoms with van der Waals surface area (Å²) in [7, 11) is 0. The first-order chi connectivity index (χ1) is 15.2. The zero-order valence-electron chi connectivity index (χ0n) is 20.2. The molecule has 0 spiro atoms. The van der Waals surface area contributed by atoms with Gasteiger partial charge in [0.2, 0.25) is 0 Å². The lowest BCUT2D eigenvalue weighted by Gasteiger charge is -2.42. The van der Waals surface area contributed by atoms with Crippen LogP contribution in [-0.4, -0.2) is 48.4 Å². The number of aliphatic hydroxyl groups excluding tert-OH is 1. The number of nitrogens with two attached hydrogens (primary N) is 1. The molecule has 5 nitrogen and oxygen atoms in total. The molecule has 1 atom stereocenters. The topological polar surface area (TPSA) is 74.4 Å². The highest BCUT2D eigenvalue weighted by atomic mass is 32.1. The number of hydrogen-bond acceptors (Lipinski definition) is 6. The van der Waals surface area contributed by atoms with Gasteiger partial charge in [-0.05, 0) is 60.1 Å². The maximum atomic E-state index is 9.01. The maximum absolute atomic E-state index is 9.01. The lowest BCUT2D eigenvalue weighted by atomic mass is 9.63. The van der Waals surface area contributed by atoms with E-state index >= 15 is 0 Å². The molecule has 0 bridgehead atoms. The van der Waals surface area contributed by atoms with Gasteiger partial charge in [0, 0.05) is 49.3 Å². The number of nitrogens with one attached hydrogen (secondary N) is 1. The Bertz CT molecular complexity index is 914. The number of thiazole rings is 1. The van der Waals surface area contributed by atoms with Crippen molar-refractivity contribution < 1.29 is 5.11 Å². The minimum Gasteiger partial charge on any atom is -0.396 e.